The minimum absolute atomic E-state index is 0.121. The zero-order chi connectivity index (χ0) is 12.3. The highest BCUT2D eigenvalue weighted by Gasteiger charge is 2.08. The molecule has 0 saturated heterocycles. The monoisotopic (exact) mass is 252 g/mol. The van der Waals surface area contributed by atoms with Gasteiger partial charge in [0, 0.05) is 0 Å². The molecule has 92 valence electrons. The van der Waals surface area contributed by atoms with Crippen LogP contribution in [0.25, 0.3) is 10.2 Å². The first kappa shape index (κ1) is 12.1. The van der Waals surface area contributed by atoms with Crippen LogP contribution in [-0.4, -0.2) is 23.2 Å². The summed E-state index contributed by atoms with van der Waals surface area (Å²) in [5, 5.41) is 13.0. The highest BCUT2D eigenvalue weighted by atomic mass is 32.1. The number of aromatic amines is 1. The van der Waals surface area contributed by atoms with Crippen LogP contribution in [0.2, 0.25) is 0 Å². The van der Waals surface area contributed by atoms with Crippen LogP contribution in [0.15, 0.2) is 16.9 Å². The Kier molecular flexibility index (Phi) is 3.81. The average molecular weight is 252 g/mol. The van der Waals surface area contributed by atoms with Crippen molar-refractivity contribution in [2.45, 2.75) is 19.8 Å². The number of phenolic OH excluding ortho intramolecular Hbond substituents is 1. The maximum absolute atomic E-state index is 11.3. The van der Waals surface area contributed by atoms with Gasteiger partial charge in [0.2, 0.25) is 0 Å². The summed E-state index contributed by atoms with van der Waals surface area (Å²) < 4.78 is 0.869. The Morgan fingerprint density at radius 3 is 3.00 bits per heavy atom. The van der Waals surface area contributed by atoms with Gasteiger partial charge in [-0.25, -0.2) is 0 Å². The van der Waals surface area contributed by atoms with Crippen LogP contribution < -0.4 is 10.2 Å². The van der Waals surface area contributed by atoms with Gasteiger partial charge in [0.15, 0.2) is 0 Å². The molecule has 0 saturated carbocycles. The molecule has 0 unspecified atom stereocenters. The van der Waals surface area contributed by atoms with Crippen molar-refractivity contribution in [1.82, 2.24) is 10.3 Å². The molecule has 0 aliphatic rings. The number of hydrogen-bond acceptors (Lipinski definition) is 4. The van der Waals surface area contributed by atoms with Crippen molar-refractivity contribution in [2.75, 3.05) is 13.1 Å². The summed E-state index contributed by atoms with van der Waals surface area (Å²) in [4.78, 5) is 13.8. The van der Waals surface area contributed by atoms with Gasteiger partial charge in [0.1, 0.15) is 11.3 Å². The predicted molar refractivity (Wildman–Crippen MR) is 71.0 cm³/mol. The van der Waals surface area contributed by atoms with Crippen molar-refractivity contribution in [3.05, 3.63) is 27.4 Å². The highest BCUT2D eigenvalue weighted by Crippen LogP contribution is 2.27. The molecule has 3 N–H and O–H groups in total. The number of benzene rings is 1. The van der Waals surface area contributed by atoms with Crippen molar-refractivity contribution < 1.29 is 5.11 Å². The smallest absolute Gasteiger partial charge is 0.305 e. The number of nitrogens with one attached hydrogen (secondary N) is 2. The number of phenols is 1. The Hall–Kier alpha value is -1.33. The largest absolute Gasteiger partial charge is 0.506 e. The van der Waals surface area contributed by atoms with E-state index >= 15 is 0 Å². The first-order chi connectivity index (χ1) is 8.22. The number of aromatic hydroxyl groups is 1. The van der Waals surface area contributed by atoms with Crippen LogP contribution in [0.5, 0.6) is 5.75 Å². The van der Waals surface area contributed by atoms with Crippen molar-refractivity contribution >= 4 is 21.6 Å². The number of rotatable bonds is 5. The van der Waals surface area contributed by atoms with Gasteiger partial charge < -0.3 is 15.4 Å². The highest BCUT2D eigenvalue weighted by molar-refractivity contribution is 7.16. The van der Waals surface area contributed by atoms with E-state index in [4.69, 9.17) is 0 Å². The summed E-state index contributed by atoms with van der Waals surface area (Å²) >= 11 is 1.16. The van der Waals surface area contributed by atoms with Gasteiger partial charge in [0.25, 0.3) is 0 Å². The lowest BCUT2D eigenvalue weighted by molar-refractivity contribution is 0.480. The molecule has 0 atom stereocenters. The first-order valence-electron chi connectivity index (χ1n) is 5.76. The third-order valence-corrected chi connectivity index (χ3v) is 3.59. The predicted octanol–water partition coefficient (Wildman–Crippen LogP) is 1.84. The minimum atomic E-state index is -0.121. The van der Waals surface area contributed by atoms with Gasteiger partial charge >= 0.3 is 4.87 Å². The fourth-order valence-electron chi connectivity index (χ4n) is 1.79. The Morgan fingerprint density at radius 1 is 1.41 bits per heavy atom. The molecule has 0 radical (unpaired) electrons. The Bertz CT molecular complexity index is 559. The topological polar surface area (TPSA) is 65.1 Å². The number of aromatic nitrogens is 1. The average Bonchev–Trinajstić information content (AvgIpc) is 2.70. The van der Waals surface area contributed by atoms with Crippen LogP contribution in [0, 0.1) is 0 Å². The van der Waals surface area contributed by atoms with Crippen LogP contribution >= 0.6 is 11.3 Å². The van der Waals surface area contributed by atoms with Crippen LogP contribution in [0.3, 0.4) is 0 Å². The number of fused-ring (bicyclic) bond motifs is 1. The molecule has 0 amide bonds. The van der Waals surface area contributed by atoms with Crippen molar-refractivity contribution in [1.29, 1.82) is 0 Å². The van der Waals surface area contributed by atoms with E-state index in [1.807, 2.05) is 6.07 Å². The van der Waals surface area contributed by atoms with Gasteiger partial charge in [-0.2, -0.15) is 0 Å². The molecule has 0 bridgehead atoms. The Morgan fingerprint density at radius 2 is 2.24 bits per heavy atom. The summed E-state index contributed by atoms with van der Waals surface area (Å²) in [5.41, 5.74) is 1.66. The van der Waals surface area contributed by atoms with E-state index < -0.39 is 0 Å². The van der Waals surface area contributed by atoms with Gasteiger partial charge in [0.05, 0.1) is 4.70 Å². The molecule has 1 aromatic heterocycles. The molecule has 2 aromatic rings. The molecule has 0 fully saturated rings. The number of thiazole rings is 1. The maximum Gasteiger partial charge on any atom is 0.305 e. The minimum Gasteiger partial charge on any atom is -0.506 e. The number of hydrogen-bond donors (Lipinski definition) is 3. The maximum atomic E-state index is 11.3. The molecule has 17 heavy (non-hydrogen) atoms. The molecule has 1 aromatic carbocycles. The van der Waals surface area contributed by atoms with Gasteiger partial charge in [-0.1, -0.05) is 24.3 Å². The molecule has 0 aliphatic heterocycles. The second kappa shape index (κ2) is 5.33. The summed E-state index contributed by atoms with van der Waals surface area (Å²) in [7, 11) is 0. The quantitative estimate of drug-likeness (QED) is 0.711. The van der Waals surface area contributed by atoms with Crippen molar-refractivity contribution in [3.63, 3.8) is 0 Å². The summed E-state index contributed by atoms with van der Waals surface area (Å²) in [6.45, 7) is 4.02. The Balaban J connectivity index is 2.22. The van der Waals surface area contributed by atoms with E-state index in [-0.39, 0.29) is 10.6 Å². The molecule has 2 rings (SSSR count). The normalized spacial score (nSPS) is 11.1. The molecular weight excluding hydrogens is 236 g/mol. The number of H-pyrrole nitrogens is 1. The third-order valence-electron chi connectivity index (χ3n) is 2.64. The molecule has 4 nitrogen and oxygen atoms in total. The SMILES string of the molecule is CCCNCCc1ccc(O)c2[nH]c(=O)sc12. The summed E-state index contributed by atoms with van der Waals surface area (Å²) in [6.07, 6.45) is 1.98. The van der Waals surface area contributed by atoms with Crippen molar-refractivity contribution in [2.24, 2.45) is 0 Å². The first-order valence-corrected chi connectivity index (χ1v) is 6.58. The second-order valence-electron chi connectivity index (χ2n) is 3.96. The lowest BCUT2D eigenvalue weighted by Gasteiger charge is -2.05. The van der Waals surface area contributed by atoms with Gasteiger partial charge in [-0.3, -0.25) is 4.79 Å². The fourth-order valence-corrected chi connectivity index (χ4v) is 2.69. The van der Waals surface area contributed by atoms with E-state index in [9.17, 15) is 9.90 Å². The van der Waals surface area contributed by atoms with E-state index in [1.54, 1.807) is 6.07 Å². The fraction of sp³-hybridized carbons (Fsp3) is 0.417. The molecule has 0 spiro atoms. The van der Waals surface area contributed by atoms with E-state index in [1.165, 1.54) is 0 Å². The summed E-state index contributed by atoms with van der Waals surface area (Å²) in [5.74, 6) is 0.142. The van der Waals surface area contributed by atoms with Gasteiger partial charge in [-0.15, -0.1) is 0 Å². The van der Waals surface area contributed by atoms with E-state index in [2.05, 4.69) is 17.2 Å². The van der Waals surface area contributed by atoms with Crippen molar-refractivity contribution in [3.8, 4) is 5.75 Å². The summed E-state index contributed by atoms with van der Waals surface area (Å²) in [6, 6.07) is 3.52. The molecule has 1 heterocycles. The van der Waals surface area contributed by atoms with E-state index in [0.29, 0.717) is 5.52 Å². The molecule has 0 aliphatic carbocycles. The third kappa shape index (κ3) is 2.68. The zero-order valence-electron chi connectivity index (χ0n) is 9.75. The van der Waals surface area contributed by atoms with E-state index in [0.717, 1.165) is 47.5 Å². The van der Waals surface area contributed by atoms with Crippen LogP contribution in [0.1, 0.15) is 18.9 Å². The lowest BCUT2D eigenvalue weighted by Crippen LogP contribution is -2.17. The zero-order valence-corrected chi connectivity index (χ0v) is 10.6. The Labute approximate surface area is 103 Å². The molecular formula is C12H16N2O2S. The molecule has 5 heteroatoms. The van der Waals surface area contributed by atoms with Crippen LogP contribution in [0.4, 0.5) is 0 Å². The van der Waals surface area contributed by atoms with Crippen LogP contribution in [-0.2, 0) is 6.42 Å². The second-order valence-corrected chi connectivity index (χ2v) is 4.95. The van der Waals surface area contributed by atoms with Gasteiger partial charge in [-0.05, 0) is 37.6 Å². The standard InChI is InChI=1S/C12H16N2O2S/c1-2-6-13-7-5-8-3-4-9(15)10-11(8)17-12(16)14-10/h3-4,13,15H,2,5-7H2,1H3,(H,14,16). The lowest BCUT2D eigenvalue weighted by atomic mass is 10.1.